The fourth-order valence-corrected chi connectivity index (χ4v) is 3.33. The van der Waals surface area contributed by atoms with Crippen LogP contribution in [0.15, 0.2) is 55.0 Å². The molecule has 5 nitrogen and oxygen atoms in total. The summed E-state index contributed by atoms with van der Waals surface area (Å²) >= 11 is 1.62. The largest absolute Gasteiger partial charge is 0.340 e. The molecule has 0 aliphatic carbocycles. The van der Waals surface area contributed by atoms with Gasteiger partial charge in [-0.2, -0.15) is 5.10 Å². The van der Waals surface area contributed by atoms with E-state index in [0.29, 0.717) is 5.82 Å². The second-order valence-corrected chi connectivity index (χ2v) is 5.98. The normalized spacial score (nSPS) is 11.1. The predicted molar refractivity (Wildman–Crippen MR) is 95.9 cm³/mol. The highest BCUT2D eigenvalue weighted by Gasteiger charge is 2.12. The van der Waals surface area contributed by atoms with E-state index < -0.39 is 0 Å². The first-order chi connectivity index (χ1) is 11.7. The Hall–Kier alpha value is -2.80. The van der Waals surface area contributed by atoms with Gasteiger partial charge in [0.2, 0.25) is 0 Å². The van der Waals surface area contributed by atoms with E-state index in [1.165, 1.54) is 12.1 Å². The summed E-state index contributed by atoms with van der Waals surface area (Å²) in [4.78, 5) is 4.44. The van der Waals surface area contributed by atoms with Gasteiger partial charge in [0.1, 0.15) is 11.6 Å². The van der Waals surface area contributed by atoms with E-state index in [4.69, 9.17) is 0 Å². The molecule has 3 aromatic heterocycles. The van der Waals surface area contributed by atoms with Crippen molar-refractivity contribution in [1.29, 1.82) is 0 Å². The highest BCUT2D eigenvalue weighted by molar-refractivity contribution is 7.97. The van der Waals surface area contributed by atoms with Crippen molar-refractivity contribution < 1.29 is 4.39 Å². The maximum absolute atomic E-state index is 13.0. The molecule has 2 N–H and O–H groups in total. The molecule has 120 valence electrons. The molecular formula is C17H14FN5S. The number of nitrogens with zero attached hydrogens (tertiary/aromatic N) is 3. The summed E-state index contributed by atoms with van der Waals surface area (Å²) in [7, 11) is 0. The molecule has 0 aliphatic heterocycles. The second-order valence-electron chi connectivity index (χ2n) is 5.25. The molecule has 3 heterocycles. The van der Waals surface area contributed by atoms with Crippen LogP contribution in [0.1, 0.15) is 0 Å². The first kappa shape index (κ1) is 14.8. The topological polar surface area (TPSA) is 58.5 Å². The number of aromatic amines is 1. The second kappa shape index (κ2) is 6.01. The molecule has 0 amide bonds. The van der Waals surface area contributed by atoms with Crippen molar-refractivity contribution in [3.8, 4) is 11.3 Å². The molecule has 0 bridgehead atoms. The minimum absolute atomic E-state index is 0.259. The monoisotopic (exact) mass is 339 g/mol. The summed E-state index contributed by atoms with van der Waals surface area (Å²) in [5, 5.41) is 11.1. The Labute approximate surface area is 142 Å². The van der Waals surface area contributed by atoms with Crippen LogP contribution in [0.2, 0.25) is 0 Å². The fourth-order valence-electron chi connectivity index (χ4n) is 2.62. The Bertz CT molecular complexity index is 976. The molecule has 0 atom stereocenters. The molecule has 0 radical (unpaired) electrons. The highest BCUT2D eigenvalue weighted by Crippen LogP contribution is 2.32. The molecule has 0 fully saturated rings. The van der Waals surface area contributed by atoms with Crippen LogP contribution in [0.4, 0.5) is 15.9 Å². The van der Waals surface area contributed by atoms with Crippen molar-refractivity contribution in [2.45, 2.75) is 0 Å². The Morgan fingerprint density at radius 1 is 1.17 bits per heavy atom. The lowest BCUT2D eigenvalue weighted by molar-refractivity contribution is 0.628. The highest BCUT2D eigenvalue weighted by atomic mass is 32.2. The number of nitrogens with one attached hydrogen (secondary N) is 2. The van der Waals surface area contributed by atoms with E-state index in [1.807, 2.05) is 24.7 Å². The number of fused-ring (bicyclic) bond motifs is 1. The van der Waals surface area contributed by atoms with Crippen LogP contribution < -0.4 is 5.32 Å². The number of benzene rings is 1. The number of halogens is 1. The smallest absolute Gasteiger partial charge is 0.132 e. The van der Waals surface area contributed by atoms with Crippen molar-refractivity contribution in [2.75, 3.05) is 11.6 Å². The fraction of sp³-hybridized carbons (Fsp3) is 0.0588. The number of hydrogen-bond acceptors (Lipinski definition) is 4. The van der Waals surface area contributed by atoms with Gasteiger partial charge in [-0.3, -0.25) is 9.07 Å². The van der Waals surface area contributed by atoms with Crippen molar-refractivity contribution in [2.24, 2.45) is 0 Å². The zero-order valence-corrected chi connectivity index (χ0v) is 13.6. The number of rotatable bonds is 4. The molecule has 0 unspecified atom stereocenters. The van der Waals surface area contributed by atoms with E-state index in [0.717, 1.165) is 27.8 Å². The molecule has 4 rings (SSSR count). The van der Waals surface area contributed by atoms with Crippen LogP contribution in [0.5, 0.6) is 0 Å². The van der Waals surface area contributed by atoms with Gasteiger partial charge in [-0.25, -0.2) is 9.37 Å². The third-order valence-electron chi connectivity index (χ3n) is 3.73. The summed E-state index contributed by atoms with van der Waals surface area (Å²) in [5.74, 6) is 0.450. The van der Waals surface area contributed by atoms with Gasteiger partial charge in [0.15, 0.2) is 0 Å². The van der Waals surface area contributed by atoms with E-state index in [-0.39, 0.29) is 5.82 Å². The molecule has 24 heavy (non-hydrogen) atoms. The number of hydrogen-bond donors (Lipinski definition) is 2. The molecule has 1 aromatic carbocycles. The average molecular weight is 339 g/mol. The van der Waals surface area contributed by atoms with Gasteiger partial charge >= 0.3 is 0 Å². The standard InChI is InChI=1S/C17H14FN5S/c1-24-23-15(12-9-20-21-10-12)6-11-8-19-17(7-16(11)23)22-14-4-2-13(18)3-5-14/h2-10H,1H3,(H,19,22)(H,20,21). The third kappa shape index (κ3) is 2.63. The van der Waals surface area contributed by atoms with Crippen LogP contribution in [0.3, 0.4) is 0 Å². The summed E-state index contributed by atoms with van der Waals surface area (Å²) in [6, 6.07) is 10.3. The maximum Gasteiger partial charge on any atom is 0.132 e. The van der Waals surface area contributed by atoms with Crippen LogP contribution in [0, 0.1) is 5.82 Å². The van der Waals surface area contributed by atoms with Crippen LogP contribution >= 0.6 is 11.9 Å². The Morgan fingerprint density at radius 2 is 2.00 bits per heavy atom. The van der Waals surface area contributed by atoms with Gasteiger partial charge in [0.25, 0.3) is 0 Å². The zero-order chi connectivity index (χ0) is 16.5. The number of pyridine rings is 1. The third-order valence-corrected chi connectivity index (χ3v) is 4.49. The van der Waals surface area contributed by atoms with Crippen molar-refractivity contribution >= 4 is 34.4 Å². The molecule has 0 aliphatic rings. The van der Waals surface area contributed by atoms with Gasteiger partial charge in [0, 0.05) is 41.4 Å². The molecule has 7 heteroatoms. The summed E-state index contributed by atoms with van der Waals surface area (Å²) in [6.07, 6.45) is 7.52. The van der Waals surface area contributed by atoms with E-state index in [1.54, 1.807) is 30.3 Å². The van der Waals surface area contributed by atoms with Gasteiger partial charge in [-0.15, -0.1) is 0 Å². The van der Waals surface area contributed by atoms with E-state index in [9.17, 15) is 4.39 Å². The lowest BCUT2D eigenvalue weighted by Crippen LogP contribution is -1.94. The molecule has 0 spiro atoms. The Kier molecular flexibility index (Phi) is 3.70. The molecular weight excluding hydrogens is 325 g/mol. The average Bonchev–Trinajstić information content (AvgIpc) is 3.23. The Morgan fingerprint density at radius 3 is 2.71 bits per heavy atom. The summed E-state index contributed by atoms with van der Waals surface area (Å²) < 4.78 is 15.1. The van der Waals surface area contributed by atoms with E-state index >= 15 is 0 Å². The van der Waals surface area contributed by atoms with Gasteiger partial charge in [0.05, 0.1) is 17.4 Å². The predicted octanol–water partition coefficient (Wildman–Crippen LogP) is 4.44. The first-order valence-corrected chi connectivity index (χ1v) is 8.50. The van der Waals surface area contributed by atoms with Crippen molar-refractivity contribution in [3.63, 3.8) is 0 Å². The molecule has 0 saturated carbocycles. The van der Waals surface area contributed by atoms with Gasteiger partial charge in [-0.1, -0.05) is 0 Å². The summed E-state index contributed by atoms with van der Waals surface area (Å²) in [6.45, 7) is 0. The molecule has 0 saturated heterocycles. The first-order valence-electron chi connectivity index (χ1n) is 7.32. The quantitative estimate of drug-likeness (QED) is 0.577. The van der Waals surface area contributed by atoms with Crippen LogP contribution in [-0.2, 0) is 0 Å². The maximum atomic E-state index is 13.0. The van der Waals surface area contributed by atoms with E-state index in [2.05, 4.69) is 30.5 Å². The number of anilines is 2. The minimum Gasteiger partial charge on any atom is -0.340 e. The van der Waals surface area contributed by atoms with Crippen LogP contribution in [0.25, 0.3) is 22.2 Å². The minimum atomic E-state index is -0.259. The zero-order valence-electron chi connectivity index (χ0n) is 12.8. The summed E-state index contributed by atoms with van der Waals surface area (Å²) in [5.41, 5.74) is 3.93. The van der Waals surface area contributed by atoms with Crippen molar-refractivity contribution in [1.82, 2.24) is 19.2 Å². The van der Waals surface area contributed by atoms with Crippen LogP contribution in [-0.4, -0.2) is 25.4 Å². The SMILES string of the molecule is CSn1c(-c2cn[nH]c2)cc2cnc(Nc3ccc(F)cc3)cc21. The van der Waals surface area contributed by atoms with Gasteiger partial charge in [-0.05, 0) is 42.3 Å². The number of H-pyrrole nitrogens is 1. The van der Waals surface area contributed by atoms with Crippen molar-refractivity contribution in [3.05, 3.63) is 60.8 Å². The lowest BCUT2D eigenvalue weighted by Gasteiger charge is -2.08. The molecule has 4 aromatic rings. The Balaban J connectivity index is 1.75. The van der Waals surface area contributed by atoms with Gasteiger partial charge < -0.3 is 5.32 Å². The lowest BCUT2D eigenvalue weighted by atomic mass is 10.2. The number of aromatic nitrogens is 4.